The van der Waals surface area contributed by atoms with E-state index in [4.69, 9.17) is 4.98 Å². The Bertz CT molecular complexity index is 882. The molecule has 0 spiro atoms. The van der Waals surface area contributed by atoms with Gasteiger partial charge in [-0.1, -0.05) is 36.7 Å². The first-order valence-electron chi connectivity index (χ1n) is 11.8. The van der Waals surface area contributed by atoms with Gasteiger partial charge in [0.05, 0.1) is 16.1 Å². The van der Waals surface area contributed by atoms with E-state index >= 15 is 0 Å². The van der Waals surface area contributed by atoms with Crippen LogP contribution in [0, 0.1) is 12.8 Å². The third-order valence-electron chi connectivity index (χ3n) is 7.29. The molecule has 1 unspecified atom stereocenters. The number of aromatic nitrogens is 1. The lowest BCUT2D eigenvalue weighted by atomic mass is 9.93. The molecule has 3 heterocycles. The van der Waals surface area contributed by atoms with E-state index in [-0.39, 0.29) is 5.92 Å². The molecule has 2 aliphatic heterocycles. The lowest BCUT2D eigenvalue weighted by Gasteiger charge is -2.42. The van der Waals surface area contributed by atoms with Crippen molar-refractivity contribution >= 4 is 32.6 Å². The molecule has 0 bridgehead atoms. The van der Waals surface area contributed by atoms with Crippen LogP contribution in [0.15, 0.2) is 18.2 Å². The molecule has 0 radical (unpaired) electrons. The summed E-state index contributed by atoms with van der Waals surface area (Å²) in [7, 11) is 0. The molecule has 3 fully saturated rings. The molecule has 1 saturated carbocycles. The van der Waals surface area contributed by atoms with Crippen molar-refractivity contribution in [3.8, 4) is 0 Å². The van der Waals surface area contributed by atoms with E-state index in [0.29, 0.717) is 5.91 Å². The van der Waals surface area contributed by atoms with Crippen molar-refractivity contribution in [2.45, 2.75) is 57.9 Å². The number of hydrogen-bond donors (Lipinski definition) is 0. The highest BCUT2D eigenvalue weighted by Gasteiger charge is 2.33. The number of hydrogen-bond acceptors (Lipinski definition) is 5. The summed E-state index contributed by atoms with van der Waals surface area (Å²) in [5, 5.41) is 1.08. The van der Waals surface area contributed by atoms with Crippen LogP contribution in [-0.4, -0.2) is 66.0 Å². The predicted octanol–water partition coefficient (Wildman–Crippen LogP) is 4.30. The Hall–Kier alpha value is -1.66. The van der Waals surface area contributed by atoms with Gasteiger partial charge in [-0.05, 0) is 50.3 Å². The number of nitrogens with zero attached hydrogens (tertiary/aromatic N) is 4. The van der Waals surface area contributed by atoms with Crippen LogP contribution >= 0.6 is 11.3 Å². The summed E-state index contributed by atoms with van der Waals surface area (Å²) in [6.07, 6.45) is 8.97. The van der Waals surface area contributed by atoms with Gasteiger partial charge in [-0.2, -0.15) is 0 Å². The van der Waals surface area contributed by atoms with Crippen LogP contribution < -0.4 is 4.90 Å². The maximum Gasteiger partial charge on any atom is 0.227 e. The van der Waals surface area contributed by atoms with Crippen molar-refractivity contribution in [2.75, 3.05) is 44.2 Å². The first kappa shape index (κ1) is 20.3. The summed E-state index contributed by atoms with van der Waals surface area (Å²) in [4.78, 5) is 25.3. The number of fused-ring (bicyclic) bond motifs is 1. The fourth-order valence-corrected chi connectivity index (χ4v) is 6.62. The van der Waals surface area contributed by atoms with Gasteiger partial charge >= 0.3 is 0 Å². The number of piperidine rings is 1. The number of rotatable bonds is 3. The molecule has 5 nitrogen and oxygen atoms in total. The summed E-state index contributed by atoms with van der Waals surface area (Å²) in [5.41, 5.74) is 2.35. The normalized spacial score (nSPS) is 24.5. The van der Waals surface area contributed by atoms with Crippen LogP contribution in [0.5, 0.6) is 0 Å². The Kier molecular flexibility index (Phi) is 5.96. The molecule has 1 aromatic heterocycles. The highest BCUT2D eigenvalue weighted by molar-refractivity contribution is 7.22. The maximum absolute atomic E-state index is 13.3. The monoisotopic (exact) mass is 426 g/mol. The van der Waals surface area contributed by atoms with Gasteiger partial charge in [0.2, 0.25) is 5.91 Å². The largest absolute Gasteiger partial charge is 0.347 e. The lowest BCUT2D eigenvalue weighted by Crippen LogP contribution is -2.54. The summed E-state index contributed by atoms with van der Waals surface area (Å²) < 4.78 is 1.25. The van der Waals surface area contributed by atoms with E-state index in [0.717, 1.165) is 68.8 Å². The molecular weight excluding hydrogens is 392 g/mol. The summed E-state index contributed by atoms with van der Waals surface area (Å²) in [5.74, 6) is 0.494. The topological polar surface area (TPSA) is 39.7 Å². The first-order valence-corrected chi connectivity index (χ1v) is 12.6. The van der Waals surface area contributed by atoms with Crippen LogP contribution in [0.3, 0.4) is 0 Å². The molecule has 5 rings (SSSR count). The van der Waals surface area contributed by atoms with Crippen LogP contribution in [-0.2, 0) is 4.79 Å². The first-order chi connectivity index (χ1) is 14.7. The Labute approximate surface area is 184 Å². The summed E-state index contributed by atoms with van der Waals surface area (Å²) >= 11 is 1.77. The minimum Gasteiger partial charge on any atom is -0.347 e. The molecule has 2 aromatic rings. The van der Waals surface area contributed by atoms with E-state index in [1.54, 1.807) is 11.3 Å². The molecule has 3 aliphatic rings. The van der Waals surface area contributed by atoms with Gasteiger partial charge in [-0.3, -0.25) is 9.69 Å². The summed E-state index contributed by atoms with van der Waals surface area (Å²) in [6, 6.07) is 7.23. The SMILES string of the molecule is Cc1ccc2nc(N3CCCC(C(=O)N4CCN(C5CCCCC5)CC4)C3)sc2c1. The van der Waals surface area contributed by atoms with Crippen LogP contribution in [0.25, 0.3) is 10.2 Å². The van der Waals surface area contributed by atoms with Crippen molar-refractivity contribution in [1.82, 2.24) is 14.8 Å². The predicted molar refractivity (Wildman–Crippen MR) is 124 cm³/mol. The quantitative estimate of drug-likeness (QED) is 0.734. The zero-order valence-corrected chi connectivity index (χ0v) is 19.0. The number of carbonyl (C=O) groups is 1. The van der Waals surface area contributed by atoms with Crippen molar-refractivity contribution in [1.29, 1.82) is 0 Å². The van der Waals surface area contributed by atoms with Crippen molar-refractivity contribution < 1.29 is 4.79 Å². The summed E-state index contributed by atoms with van der Waals surface area (Å²) in [6.45, 7) is 7.90. The molecule has 0 N–H and O–H groups in total. The number of piperazine rings is 1. The third-order valence-corrected chi connectivity index (χ3v) is 8.37. The van der Waals surface area contributed by atoms with E-state index in [1.165, 1.54) is 42.4 Å². The molecule has 1 atom stereocenters. The Morgan fingerprint density at radius 3 is 2.60 bits per heavy atom. The molecular formula is C24H34N4OS. The molecule has 30 heavy (non-hydrogen) atoms. The molecule has 1 aliphatic carbocycles. The Morgan fingerprint density at radius 2 is 1.80 bits per heavy atom. The Morgan fingerprint density at radius 1 is 1.00 bits per heavy atom. The number of carbonyl (C=O) groups excluding carboxylic acids is 1. The highest BCUT2D eigenvalue weighted by atomic mass is 32.1. The van der Waals surface area contributed by atoms with Gasteiger partial charge in [-0.25, -0.2) is 4.98 Å². The maximum atomic E-state index is 13.3. The lowest BCUT2D eigenvalue weighted by molar-refractivity contribution is -0.138. The molecule has 2 saturated heterocycles. The second-order valence-electron chi connectivity index (χ2n) is 9.41. The van der Waals surface area contributed by atoms with Crippen molar-refractivity contribution in [2.24, 2.45) is 5.92 Å². The van der Waals surface area contributed by atoms with E-state index in [9.17, 15) is 4.79 Å². The van der Waals surface area contributed by atoms with Crippen LogP contribution in [0.4, 0.5) is 5.13 Å². The number of amides is 1. The van der Waals surface area contributed by atoms with Crippen LogP contribution in [0.1, 0.15) is 50.5 Å². The highest BCUT2D eigenvalue weighted by Crippen LogP contribution is 2.33. The Balaban J connectivity index is 1.20. The number of aryl methyl sites for hydroxylation is 1. The fraction of sp³-hybridized carbons (Fsp3) is 0.667. The van der Waals surface area contributed by atoms with Crippen LogP contribution in [0.2, 0.25) is 0 Å². The van der Waals surface area contributed by atoms with Gasteiger partial charge < -0.3 is 9.80 Å². The van der Waals surface area contributed by atoms with Gasteiger partial charge in [0.25, 0.3) is 0 Å². The van der Waals surface area contributed by atoms with E-state index in [2.05, 4.69) is 39.8 Å². The van der Waals surface area contributed by atoms with Crippen molar-refractivity contribution in [3.63, 3.8) is 0 Å². The molecule has 1 amide bonds. The van der Waals surface area contributed by atoms with Gasteiger partial charge in [0.1, 0.15) is 0 Å². The number of thiazole rings is 1. The second-order valence-corrected chi connectivity index (χ2v) is 10.4. The zero-order valence-electron chi connectivity index (χ0n) is 18.2. The minimum atomic E-state index is 0.119. The smallest absolute Gasteiger partial charge is 0.227 e. The molecule has 162 valence electrons. The van der Waals surface area contributed by atoms with Gasteiger partial charge in [-0.15, -0.1) is 0 Å². The average molecular weight is 427 g/mol. The second kappa shape index (κ2) is 8.83. The van der Waals surface area contributed by atoms with Gasteiger partial charge in [0.15, 0.2) is 5.13 Å². The standard InChI is InChI=1S/C24H34N4OS/c1-18-9-10-21-22(16-18)30-24(25-21)28-11-5-6-19(17-28)23(29)27-14-12-26(13-15-27)20-7-3-2-4-8-20/h9-10,16,19-20H,2-8,11-15,17H2,1H3. The van der Waals surface area contributed by atoms with Crippen molar-refractivity contribution in [3.05, 3.63) is 23.8 Å². The fourth-order valence-electron chi connectivity index (χ4n) is 5.52. The average Bonchev–Trinajstić information content (AvgIpc) is 3.23. The number of benzene rings is 1. The van der Waals surface area contributed by atoms with E-state index < -0.39 is 0 Å². The minimum absolute atomic E-state index is 0.119. The number of anilines is 1. The van der Waals surface area contributed by atoms with E-state index in [1.807, 2.05) is 0 Å². The molecule has 6 heteroatoms. The molecule has 1 aromatic carbocycles. The third kappa shape index (κ3) is 4.22. The van der Waals surface area contributed by atoms with Gasteiger partial charge in [0, 0.05) is 45.3 Å². The zero-order chi connectivity index (χ0) is 20.5.